The zero-order valence-electron chi connectivity index (χ0n) is 38.7. The zero-order valence-corrected chi connectivity index (χ0v) is 38.7. The van der Waals surface area contributed by atoms with Crippen LogP contribution in [0.3, 0.4) is 0 Å². The largest absolute Gasteiger partial charge is 0.545 e. The topological polar surface area (TPSA) is 111 Å². The van der Waals surface area contributed by atoms with Crippen LogP contribution in [0.25, 0.3) is 0 Å². The molecule has 0 N–H and O–H groups in total. The van der Waals surface area contributed by atoms with Gasteiger partial charge in [-0.25, -0.2) is 0 Å². The fraction of sp³-hybridized carbons (Fsp3) is 0.898. The van der Waals surface area contributed by atoms with Gasteiger partial charge < -0.3 is 33.3 Å². The van der Waals surface area contributed by atoms with E-state index in [-0.39, 0.29) is 32.2 Å². The van der Waals surface area contributed by atoms with Crippen molar-refractivity contribution in [2.75, 3.05) is 47.5 Å². The molecule has 0 heterocycles. The summed E-state index contributed by atoms with van der Waals surface area (Å²) in [5, 5.41) is 11.7. The first kappa shape index (κ1) is 56.0. The maximum absolute atomic E-state index is 12.8. The van der Waals surface area contributed by atoms with Crippen LogP contribution in [0.2, 0.25) is 0 Å². The molecule has 0 aliphatic carbocycles. The van der Waals surface area contributed by atoms with Crippen LogP contribution < -0.4 is 5.11 Å². The van der Waals surface area contributed by atoms with Crippen molar-refractivity contribution in [1.82, 2.24) is 0 Å². The highest BCUT2D eigenvalue weighted by Crippen LogP contribution is 2.16. The molecule has 0 aromatic heterocycles. The molecule has 0 amide bonds. The van der Waals surface area contributed by atoms with E-state index in [1.54, 1.807) is 0 Å². The highest BCUT2D eigenvalue weighted by Gasteiger charge is 2.21. The third-order valence-corrected chi connectivity index (χ3v) is 10.8. The molecule has 0 spiro atoms. The Kier molecular flexibility index (Phi) is 40.3. The first-order valence-electron chi connectivity index (χ1n) is 24.3. The number of hydrogen-bond acceptors (Lipinski definition) is 8. The molecule has 0 fully saturated rings. The van der Waals surface area contributed by atoms with Gasteiger partial charge in [0.25, 0.3) is 0 Å². The summed E-state index contributed by atoms with van der Waals surface area (Å²) in [4.78, 5) is 37.0. The maximum Gasteiger partial charge on any atom is 0.306 e. The van der Waals surface area contributed by atoms with Crippen LogP contribution >= 0.6 is 0 Å². The molecule has 0 rings (SSSR count). The first-order chi connectivity index (χ1) is 28.1. The van der Waals surface area contributed by atoms with Crippen molar-refractivity contribution in [3.05, 3.63) is 12.2 Å². The normalized spacial score (nSPS) is 12.9. The van der Waals surface area contributed by atoms with E-state index in [0.717, 1.165) is 44.9 Å². The number of carboxylic acid groups (broad SMARTS) is 1. The van der Waals surface area contributed by atoms with Crippen molar-refractivity contribution in [1.29, 1.82) is 0 Å². The molecule has 342 valence electrons. The van der Waals surface area contributed by atoms with Gasteiger partial charge in [-0.3, -0.25) is 9.59 Å². The molecule has 58 heavy (non-hydrogen) atoms. The number of hydrogen-bond donors (Lipinski definition) is 0. The van der Waals surface area contributed by atoms with Crippen molar-refractivity contribution in [3.63, 3.8) is 0 Å². The van der Waals surface area contributed by atoms with E-state index in [1.165, 1.54) is 148 Å². The third kappa shape index (κ3) is 42.2. The Morgan fingerprint density at radius 1 is 0.500 bits per heavy atom. The number of nitrogens with zero attached hydrogens (tertiary/aromatic N) is 1. The summed E-state index contributed by atoms with van der Waals surface area (Å²) in [5.74, 6) is -2.27. The summed E-state index contributed by atoms with van der Waals surface area (Å²) >= 11 is 0. The van der Waals surface area contributed by atoms with Crippen molar-refractivity contribution in [3.8, 4) is 0 Å². The predicted octanol–water partition coefficient (Wildman–Crippen LogP) is 11.7. The lowest BCUT2D eigenvalue weighted by atomic mass is 10.0. The second kappa shape index (κ2) is 41.8. The molecule has 2 unspecified atom stereocenters. The van der Waals surface area contributed by atoms with Crippen molar-refractivity contribution in [2.45, 2.75) is 238 Å². The number of carboxylic acids is 1. The lowest BCUT2D eigenvalue weighted by Crippen LogP contribution is -2.44. The van der Waals surface area contributed by atoms with E-state index in [4.69, 9.17) is 18.9 Å². The second-order valence-corrected chi connectivity index (χ2v) is 17.8. The maximum atomic E-state index is 12.8. The van der Waals surface area contributed by atoms with Gasteiger partial charge in [0.1, 0.15) is 13.2 Å². The number of unbranched alkanes of at least 4 members (excludes halogenated alkanes) is 28. The standard InChI is InChI=1S/C49H93NO8/c1-6-8-10-12-14-16-18-20-22-24-26-28-30-32-34-36-38-40-47(52)58-45(44-57-49(48(53)54)55-42-41-50(3,4)5)43-56-46(51)39-37-35-33-31-29-27-25-23-21-19-17-15-13-11-9-7-2/h20,22,45,49H,6-19,21,23-44H2,1-5H3/b22-20-. The Hall–Kier alpha value is -1.97. The lowest BCUT2D eigenvalue weighted by molar-refractivity contribution is -0.870. The average molecular weight is 824 g/mol. The number of quaternary nitrogens is 1. The smallest absolute Gasteiger partial charge is 0.306 e. The first-order valence-corrected chi connectivity index (χ1v) is 24.3. The fourth-order valence-corrected chi connectivity index (χ4v) is 6.94. The summed E-state index contributed by atoms with van der Waals surface area (Å²) in [6, 6.07) is 0. The van der Waals surface area contributed by atoms with Gasteiger partial charge in [-0.15, -0.1) is 0 Å². The van der Waals surface area contributed by atoms with Crippen LogP contribution in [0.4, 0.5) is 0 Å². The van der Waals surface area contributed by atoms with Gasteiger partial charge in [-0.2, -0.15) is 0 Å². The molecule has 9 heteroatoms. The number of carbonyl (C=O) groups is 3. The SMILES string of the molecule is CCCCCCCC/C=C\CCCCCCCCCC(=O)OC(COC(=O)CCCCCCCCCCCCCCCCCC)COC(OCC[N+](C)(C)C)C(=O)[O-]. The highest BCUT2D eigenvalue weighted by molar-refractivity contribution is 5.70. The molecule has 0 saturated heterocycles. The number of likely N-dealkylation sites (N-methyl/N-ethyl adjacent to an activating group) is 1. The molecule has 0 bridgehead atoms. The third-order valence-electron chi connectivity index (χ3n) is 10.8. The highest BCUT2D eigenvalue weighted by atomic mass is 16.7. The van der Waals surface area contributed by atoms with E-state index < -0.39 is 24.3 Å². The van der Waals surface area contributed by atoms with Gasteiger partial charge in [-0.1, -0.05) is 187 Å². The molecular formula is C49H93NO8. The summed E-state index contributed by atoms with van der Waals surface area (Å²) in [6.45, 7) is 4.76. The molecular weight excluding hydrogens is 731 g/mol. The average Bonchev–Trinajstić information content (AvgIpc) is 3.18. The quantitative estimate of drug-likeness (QED) is 0.0196. The number of rotatable bonds is 45. The van der Waals surface area contributed by atoms with Crippen molar-refractivity contribution < 1.29 is 42.9 Å². The van der Waals surface area contributed by atoms with Crippen LogP contribution in [0.1, 0.15) is 226 Å². The number of aliphatic carboxylic acids is 1. The molecule has 0 saturated carbocycles. The fourth-order valence-electron chi connectivity index (χ4n) is 6.94. The van der Waals surface area contributed by atoms with Gasteiger partial charge in [0.15, 0.2) is 12.4 Å². The molecule has 0 radical (unpaired) electrons. The Balaban J connectivity index is 4.37. The monoisotopic (exact) mass is 824 g/mol. The van der Waals surface area contributed by atoms with Gasteiger partial charge in [0.05, 0.1) is 40.3 Å². The Morgan fingerprint density at radius 3 is 1.28 bits per heavy atom. The van der Waals surface area contributed by atoms with Crippen LogP contribution in [-0.2, 0) is 33.3 Å². The number of allylic oxidation sites excluding steroid dienone is 2. The zero-order chi connectivity index (χ0) is 42.8. The van der Waals surface area contributed by atoms with Gasteiger partial charge >= 0.3 is 11.9 Å². The van der Waals surface area contributed by atoms with Crippen LogP contribution in [-0.4, -0.2) is 82.3 Å². The minimum atomic E-state index is -1.62. The summed E-state index contributed by atoms with van der Waals surface area (Å²) < 4.78 is 22.6. The molecule has 0 aliphatic heterocycles. The molecule has 2 atom stereocenters. The number of carbonyl (C=O) groups excluding carboxylic acids is 3. The molecule has 0 aliphatic rings. The Labute approximate surface area is 357 Å². The Bertz CT molecular complexity index is 965. The van der Waals surface area contributed by atoms with E-state index in [0.29, 0.717) is 23.9 Å². The van der Waals surface area contributed by atoms with Crippen LogP contribution in [0.5, 0.6) is 0 Å². The summed E-state index contributed by atoms with van der Waals surface area (Å²) in [6.07, 6.45) is 40.9. The van der Waals surface area contributed by atoms with Crippen LogP contribution in [0.15, 0.2) is 12.2 Å². The molecule has 0 aromatic rings. The minimum Gasteiger partial charge on any atom is -0.545 e. The second-order valence-electron chi connectivity index (χ2n) is 17.8. The number of esters is 2. The van der Waals surface area contributed by atoms with Gasteiger partial charge in [0, 0.05) is 12.8 Å². The molecule has 0 aromatic carbocycles. The molecule has 9 nitrogen and oxygen atoms in total. The van der Waals surface area contributed by atoms with Crippen LogP contribution in [0, 0.1) is 0 Å². The number of ether oxygens (including phenoxy) is 4. The van der Waals surface area contributed by atoms with E-state index in [9.17, 15) is 19.5 Å². The lowest BCUT2D eigenvalue weighted by Gasteiger charge is -2.26. The summed E-state index contributed by atoms with van der Waals surface area (Å²) in [7, 11) is 5.92. The minimum absolute atomic E-state index is 0.150. The van der Waals surface area contributed by atoms with Gasteiger partial charge in [-0.05, 0) is 38.5 Å². The van der Waals surface area contributed by atoms with E-state index in [1.807, 2.05) is 21.1 Å². The predicted molar refractivity (Wildman–Crippen MR) is 237 cm³/mol. The Morgan fingerprint density at radius 2 is 0.879 bits per heavy atom. The van der Waals surface area contributed by atoms with E-state index in [2.05, 4.69) is 26.0 Å². The van der Waals surface area contributed by atoms with Crippen molar-refractivity contribution in [2.24, 2.45) is 0 Å². The van der Waals surface area contributed by atoms with Crippen molar-refractivity contribution >= 4 is 17.9 Å². The summed E-state index contributed by atoms with van der Waals surface area (Å²) in [5.41, 5.74) is 0. The van der Waals surface area contributed by atoms with Gasteiger partial charge in [0.2, 0.25) is 0 Å². The van der Waals surface area contributed by atoms with E-state index >= 15 is 0 Å².